The van der Waals surface area contributed by atoms with Gasteiger partial charge in [0.15, 0.2) is 11.0 Å². The molecule has 0 spiro atoms. The fourth-order valence-electron chi connectivity index (χ4n) is 3.05. The highest BCUT2D eigenvalue weighted by molar-refractivity contribution is 7.99. The zero-order chi connectivity index (χ0) is 23.2. The van der Waals surface area contributed by atoms with Crippen molar-refractivity contribution < 1.29 is 9.53 Å². The molecule has 0 aliphatic rings. The number of nitrogens with one attached hydrogen (secondary N) is 1. The number of nitrogens with zero attached hydrogens (tertiary/aromatic N) is 5. The molecular weight excluding hydrogens is 460 g/mol. The van der Waals surface area contributed by atoms with Crippen molar-refractivity contribution in [2.75, 3.05) is 12.9 Å². The topological polar surface area (TPSA) is 86.3 Å². The fourth-order valence-corrected chi connectivity index (χ4v) is 3.92. The Kier molecular flexibility index (Phi) is 7.11. The minimum atomic E-state index is -0.248. The number of carbonyl (C=O) groups is 1. The van der Waals surface area contributed by atoms with Gasteiger partial charge in [0.25, 0.3) is 5.91 Å². The van der Waals surface area contributed by atoms with Crippen LogP contribution in [-0.4, -0.2) is 44.3 Å². The number of aryl methyl sites for hydroxylation is 1. The summed E-state index contributed by atoms with van der Waals surface area (Å²) in [5.74, 6) is 1.27. The summed E-state index contributed by atoms with van der Waals surface area (Å²) in [6, 6.07) is 18.7. The molecule has 0 bridgehead atoms. The quantitative estimate of drug-likeness (QED) is 0.232. The van der Waals surface area contributed by atoms with Gasteiger partial charge in [-0.05, 0) is 60.7 Å². The predicted octanol–water partition coefficient (Wildman–Crippen LogP) is 4.18. The molecule has 0 unspecified atom stereocenters. The number of carbonyl (C=O) groups excluding carboxylic acids is 1. The molecule has 0 aliphatic carbocycles. The Hall–Kier alpha value is -3.56. The summed E-state index contributed by atoms with van der Waals surface area (Å²) in [5.41, 5.74) is 5.12. The predicted molar refractivity (Wildman–Crippen MR) is 130 cm³/mol. The van der Waals surface area contributed by atoms with Gasteiger partial charge in [-0.1, -0.05) is 23.4 Å². The van der Waals surface area contributed by atoms with Crippen LogP contribution in [0.2, 0.25) is 5.02 Å². The van der Waals surface area contributed by atoms with Crippen LogP contribution in [0.5, 0.6) is 5.75 Å². The minimum absolute atomic E-state index is 0.124. The van der Waals surface area contributed by atoms with Crippen molar-refractivity contribution in [3.63, 3.8) is 0 Å². The average molecular weight is 481 g/mol. The number of hydrazone groups is 1. The number of methoxy groups -OCH3 is 1. The highest BCUT2D eigenvalue weighted by Gasteiger charge is 2.17. The molecule has 0 saturated heterocycles. The maximum Gasteiger partial charge on any atom is 0.250 e. The molecule has 1 N–H and O–H groups in total. The number of rotatable bonds is 8. The molecule has 168 valence electrons. The van der Waals surface area contributed by atoms with E-state index >= 15 is 0 Å². The Morgan fingerprint density at radius 3 is 2.58 bits per heavy atom. The first-order valence-corrected chi connectivity index (χ1v) is 11.3. The summed E-state index contributed by atoms with van der Waals surface area (Å²) in [4.78, 5) is 12.3. The Bertz CT molecular complexity index is 1270. The number of halogens is 1. The number of hydrogen-bond donors (Lipinski definition) is 1. The first-order chi connectivity index (χ1) is 16.0. The van der Waals surface area contributed by atoms with Crippen LogP contribution >= 0.6 is 23.4 Å². The van der Waals surface area contributed by atoms with Gasteiger partial charge in [-0.2, -0.15) is 5.10 Å². The summed E-state index contributed by atoms with van der Waals surface area (Å²) in [7, 11) is 3.53. The number of ether oxygens (including phenoxy) is 1. The molecule has 1 amide bonds. The van der Waals surface area contributed by atoms with E-state index in [9.17, 15) is 4.79 Å². The maximum absolute atomic E-state index is 12.3. The van der Waals surface area contributed by atoms with E-state index in [1.54, 1.807) is 25.5 Å². The lowest BCUT2D eigenvalue weighted by Crippen LogP contribution is -2.20. The molecule has 0 aliphatic heterocycles. The Labute approximate surface area is 200 Å². The largest absolute Gasteiger partial charge is 0.497 e. The smallest absolute Gasteiger partial charge is 0.250 e. The van der Waals surface area contributed by atoms with Gasteiger partial charge in [-0.15, -0.1) is 10.2 Å². The summed E-state index contributed by atoms with van der Waals surface area (Å²) in [6.07, 6.45) is 3.50. The lowest BCUT2D eigenvalue weighted by Gasteiger charge is -2.11. The van der Waals surface area contributed by atoms with Gasteiger partial charge in [-0.25, -0.2) is 5.43 Å². The van der Waals surface area contributed by atoms with Crippen molar-refractivity contribution >= 4 is 35.5 Å². The molecule has 0 radical (unpaired) electrons. The fraction of sp³-hybridized carbons (Fsp3) is 0.130. The van der Waals surface area contributed by atoms with E-state index < -0.39 is 0 Å². The van der Waals surface area contributed by atoms with Crippen molar-refractivity contribution in [1.29, 1.82) is 0 Å². The molecule has 2 heterocycles. The van der Waals surface area contributed by atoms with Gasteiger partial charge in [-0.3, -0.25) is 9.36 Å². The van der Waals surface area contributed by atoms with E-state index in [1.165, 1.54) is 11.8 Å². The second-order valence-electron chi connectivity index (χ2n) is 6.97. The van der Waals surface area contributed by atoms with Gasteiger partial charge in [0.2, 0.25) is 0 Å². The average Bonchev–Trinajstić information content (AvgIpc) is 3.44. The monoisotopic (exact) mass is 480 g/mol. The van der Waals surface area contributed by atoms with Crippen LogP contribution in [0.4, 0.5) is 0 Å². The van der Waals surface area contributed by atoms with E-state index in [2.05, 4.69) is 20.7 Å². The highest BCUT2D eigenvalue weighted by Crippen LogP contribution is 2.29. The zero-order valence-corrected chi connectivity index (χ0v) is 19.5. The standard InChI is InChI=1S/C23H21ClN6O2S/c1-29-13-3-4-19(29)14-25-26-21(31)15-33-23-28-27-22(16-5-11-20(32-2)12-6-16)30(23)18-9-7-17(24)8-10-18/h3-14H,15H2,1-2H3,(H,26,31)/b25-14+. The lowest BCUT2D eigenvalue weighted by atomic mass is 10.2. The van der Waals surface area contributed by atoms with E-state index in [0.717, 1.165) is 22.7 Å². The molecule has 2 aromatic heterocycles. The van der Waals surface area contributed by atoms with Gasteiger partial charge >= 0.3 is 0 Å². The van der Waals surface area contributed by atoms with Crippen molar-refractivity contribution in [2.45, 2.75) is 5.16 Å². The molecule has 4 aromatic rings. The molecular formula is C23H21ClN6O2S. The van der Waals surface area contributed by atoms with Gasteiger partial charge in [0.05, 0.1) is 24.8 Å². The number of thioether (sulfide) groups is 1. The molecule has 2 aromatic carbocycles. The Morgan fingerprint density at radius 2 is 1.91 bits per heavy atom. The van der Waals surface area contributed by atoms with Crippen molar-refractivity contribution in [3.05, 3.63) is 77.6 Å². The number of aromatic nitrogens is 4. The van der Waals surface area contributed by atoms with E-state index in [0.29, 0.717) is 16.0 Å². The van der Waals surface area contributed by atoms with Gasteiger partial charge in [0, 0.05) is 29.5 Å². The van der Waals surface area contributed by atoms with E-state index in [4.69, 9.17) is 16.3 Å². The molecule has 0 saturated carbocycles. The first-order valence-electron chi connectivity index (χ1n) is 9.97. The third-order valence-corrected chi connectivity index (χ3v) is 5.95. The SMILES string of the molecule is COc1ccc(-c2nnc(SCC(=O)N/N=C/c3cccn3C)n2-c2ccc(Cl)cc2)cc1. The molecule has 33 heavy (non-hydrogen) atoms. The van der Waals surface area contributed by atoms with Gasteiger partial charge < -0.3 is 9.30 Å². The zero-order valence-electron chi connectivity index (χ0n) is 18.0. The molecule has 10 heteroatoms. The van der Waals surface area contributed by atoms with Crippen LogP contribution in [0.1, 0.15) is 5.69 Å². The second-order valence-corrected chi connectivity index (χ2v) is 8.35. The van der Waals surface area contributed by atoms with Crippen LogP contribution in [-0.2, 0) is 11.8 Å². The van der Waals surface area contributed by atoms with Crippen molar-refractivity contribution in [3.8, 4) is 22.8 Å². The summed E-state index contributed by atoms with van der Waals surface area (Å²) >= 11 is 7.34. The molecule has 4 rings (SSSR count). The normalized spacial score (nSPS) is 11.1. The Balaban J connectivity index is 1.54. The van der Waals surface area contributed by atoms with Crippen molar-refractivity contribution in [1.82, 2.24) is 24.8 Å². The summed E-state index contributed by atoms with van der Waals surface area (Å²) in [6.45, 7) is 0. The van der Waals surface area contributed by atoms with E-state index in [-0.39, 0.29) is 11.7 Å². The first kappa shape index (κ1) is 22.6. The van der Waals surface area contributed by atoms with Crippen LogP contribution in [0.3, 0.4) is 0 Å². The Morgan fingerprint density at radius 1 is 1.15 bits per heavy atom. The minimum Gasteiger partial charge on any atom is -0.497 e. The highest BCUT2D eigenvalue weighted by atomic mass is 35.5. The number of hydrogen-bond acceptors (Lipinski definition) is 6. The number of amides is 1. The third kappa shape index (κ3) is 5.44. The van der Waals surface area contributed by atoms with Crippen LogP contribution in [0.25, 0.3) is 17.1 Å². The van der Waals surface area contributed by atoms with Crippen molar-refractivity contribution in [2.24, 2.45) is 12.1 Å². The molecule has 8 nitrogen and oxygen atoms in total. The second kappa shape index (κ2) is 10.4. The summed E-state index contributed by atoms with van der Waals surface area (Å²) < 4.78 is 9.04. The number of benzene rings is 2. The van der Waals surface area contributed by atoms with Gasteiger partial charge in [0.1, 0.15) is 5.75 Å². The third-order valence-electron chi connectivity index (χ3n) is 4.77. The molecule has 0 fully saturated rings. The van der Waals surface area contributed by atoms with Crippen LogP contribution in [0, 0.1) is 0 Å². The maximum atomic E-state index is 12.3. The van der Waals surface area contributed by atoms with E-state index in [1.807, 2.05) is 70.9 Å². The summed E-state index contributed by atoms with van der Waals surface area (Å²) in [5, 5.41) is 13.9. The van der Waals surface area contributed by atoms with Crippen LogP contribution < -0.4 is 10.2 Å². The molecule has 0 atom stereocenters. The van der Waals surface area contributed by atoms with Crippen LogP contribution in [0.15, 0.2) is 77.1 Å². The lowest BCUT2D eigenvalue weighted by molar-refractivity contribution is -0.118.